The van der Waals surface area contributed by atoms with E-state index in [1.165, 1.54) is 77.5 Å². The van der Waals surface area contributed by atoms with Gasteiger partial charge in [0.15, 0.2) is 0 Å². The standard InChI is InChI=1S/C16H12.C16H10/c2*1-3-11-7-9-13-5-2-6-14-10-8-12(4-1)15(11)16(13)14/h1,3-5,7-10H,2,6H2;1-10H. The SMILES string of the molecule is C1=c2ccc3cccc4ccc(c2c43)CC1.c1cc2ccc3cccc4ccc(c1)c2c34. The number of hydrogen-bond acceptors (Lipinski definition) is 0. The molecule has 0 atom stereocenters. The van der Waals surface area contributed by atoms with Gasteiger partial charge in [-0.3, -0.25) is 0 Å². The van der Waals surface area contributed by atoms with E-state index in [9.17, 15) is 0 Å². The van der Waals surface area contributed by atoms with Gasteiger partial charge in [-0.25, -0.2) is 0 Å². The second-order valence-electron chi connectivity index (χ2n) is 8.87. The van der Waals surface area contributed by atoms with Crippen LogP contribution in [0.2, 0.25) is 0 Å². The van der Waals surface area contributed by atoms with Crippen LogP contribution in [0.1, 0.15) is 12.0 Å². The monoisotopic (exact) mass is 406 g/mol. The van der Waals surface area contributed by atoms with Gasteiger partial charge in [0, 0.05) is 0 Å². The van der Waals surface area contributed by atoms with Crippen molar-refractivity contribution < 1.29 is 0 Å². The Kier molecular flexibility index (Phi) is 3.77. The number of aryl methyl sites for hydroxylation is 1. The van der Waals surface area contributed by atoms with Gasteiger partial charge in [-0.15, -0.1) is 0 Å². The van der Waals surface area contributed by atoms with Crippen molar-refractivity contribution in [3.8, 4) is 0 Å². The van der Waals surface area contributed by atoms with E-state index in [1.54, 1.807) is 0 Å². The first kappa shape index (κ1) is 17.7. The highest BCUT2D eigenvalue weighted by atomic mass is 14.1. The Hall–Kier alpha value is -3.90. The predicted octanol–water partition coefficient (Wildman–Crippen LogP) is 8.02. The van der Waals surface area contributed by atoms with E-state index in [1.807, 2.05) is 0 Å². The highest BCUT2D eigenvalue weighted by Crippen LogP contribution is 2.34. The zero-order chi connectivity index (χ0) is 21.1. The van der Waals surface area contributed by atoms with Crippen LogP contribution in [0.25, 0.3) is 59.9 Å². The Morgan fingerprint density at radius 2 is 0.781 bits per heavy atom. The second-order valence-corrected chi connectivity index (χ2v) is 8.87. The molecule has 0 spiro atoms. The van der Waals surface area contributed by atoms with Gasteiger partial charge in [0.2, 0.25) is 0 Å². The summed E-state index contributed by atoms with van der Waals surface area (Å²) < 4.78 is 0. The predicted molar refractivity (Wildman–Crippen MR) is 140 cm³/mol. The van der Waals surface area contributed by atoms with E-state index in [-0.39, 0.29) is 0 Å². The van der Waals surface area contributed by atoms with Crippen LogP contribution in [0.15, 0.2) is 103 Å². The van der Waals surface area contributed by atoms with Gasteiger partial charge in [-0.2, -0.15) is 0 Å². The van der Waals surface area contributed by atoms with Crippen molar-refractivity contribution in [1.29, 1.82) is 0 Å². The normalized spacial score (nSPS) is 13.0. The summed E-state index contributed by atoms with van der Waals surface area (Å²) in [6.07, 6.45) is 4.74. The molecule has 1 aliphatic carbocycles. The van der Waals surface area contributed by atoms with Crippen LogP contribution in [-0.4, -0.2) is 0 Å². The molecular formula is C32H22. The maximum atomic E-state index is 2.37. The molecule has 0 heteroatoms. The fourth-order valence-corrected chi connectivity index (χ4v) is 5.61. The summed E-state index contributed by atoms with van der Waals surface area (Å²) in [5.74, 6) is 0. The largest absolute Gasteiger partial charge is 0.0763 e. The molecule has 0 nitrogen and oxygen atoms in total. The minimum Gasteiger partial charge on any atom is -0.0763 e. The average Bonchev–Trinajstić information content (AvgIpc) is 2.87. The molecule has 7 aromatic carbocycles. The molecule has 32 heavy (non-hydrogen) atoms. The lowest BCUT2D eigenvalue weighted by Gasteiger charge is -2.14. The molecule has 1 aliphatic rings. The van der Waals surface area contributed by atoms with E-state index in [2.05, 4.69) is 109 Å². The molecule has 0 fully saturated rings. The highest BCUT2D eigenvalue weighted by molar-refractivity contribution is 6.22. The van der Waals surface area contributed by atoms with Crippen LogP contribution < -0.4 is 5.22 Å². The zero-order valence-corrected chi connectivity index (χ0v) is 17.8. The Bertz CT molecular complexity index is 1680. The molecule has 0 heterocycles. The first-order valence-corrected chi connectivity index (χ1v) is 11.4. The Balaban J connectivity index is 0.000000113. The molecule has 150 valence electrons. The van der Waals surface area contributed by atoms with Gasteiger partial charge in [-0.05, 0) is 77.5 Å². The Morgan fingerprint density at radius 1 is 0.375 bits per heavy atom. The summed E-state index contributed by atoms with van der Waals surface area (Å²) in [7, 11) is 0. The molecular weight excluding hydrogens is 384 g/mol. The Morgan fingerprint density at radius 3 is 1.28 bits per heavy atom. The van der Waals surface area contributed by atoms with E-state index < -0.39 is 0 Å². The maximum Gasteiger partial charge on any atom is -0.00268 e. The van der Waals surface area contributed by atoms with Crippen LogP contribution in [0.4, 0.5) is 0 Å². The minimum absolute atomic E-state index is 1.18. The molecule has 0 aromatic heterocycles. The highest BCUT2D eigenvalue weighted by Gasteiger charge is 2.10. The van der Waals surface area contributed by atoms with Crippen LogP contribution in [0.5, 0.6) is 0 Å². The maximum absolute atomic E-state index is 2.37. The quantitative estimate of drug-likeness (QED) is 0.224. The van der Waals surface area contributed by atoms with Crippen LogP contribution >= 0.6 is 0 Å². The molecule has 0 N–H and O–H groups in total. The summed E-state index contributed by atoms with van der Waals surface area (Å²) in [4.78, 5) is 0. The molecule has 0 bridgehead atoms. The van der Waals surface area contributed by atoms with E-state index >= 15 is 0 Å². The fourth-order valence-electron chi connectivity index (χ4n) is 5.61. The summed E-state index contributed by atoms with van der Waals surface area (Å²) in [6, 6.07) is 37.5. The average molecular weight is 407 g/mol. The van der Waals surface area contributed by atoms with Gasteiger partial charge >= 0.3 is 0 Å². The van der Waals surface area contributed by atoms with Crippen molar-refractivity contribution in [2.45, 2.75) is 12.8 Å². The van der Waals surface area contributed by atoms with Crippen molar-refractivity contribution in [3.63, 3.8) is 0 Å². The van der Waals surface area contributed by atoms with Crippen molar-refractivity contribution in [3.05, 3.63) is 114 Å². The lowest BCUT2D eigenvalue weighted by Crippen LogP contribution is -2.09. The molecule has 8 rings (SSSR count). The van der Waals surface area contributed by atoms with Crippen LogP contribution in [0.3, 0.4) is 0 Å². The molecule has 0 radical (unpaired) electrons. The third kappa shape index (κ3) is 2.56. The van der Waals surface area contributed by atoms with Gasteiger partial charge in [-0.1, -0.05) is 109 Å². The van der Waals surface area contributed by atoms with Crippen LogP contribution in [0, 0.1) is 0 Å². The zero-order valence-electron chi connectivity index (χ0n) is 17.8. The fraction of sp³-hybridized carbons (Fsp3) is 0.0625. The van der Waals surface area contributed by atoms with E-state index in [0.717, 1.165) is 0 Å². The van der Waals surface area contributed by atoms with Crippen molar-refractivity contribution in [1.82, 2.24) is 0 Å². The van der Waals surface area contributed by atoms with E-state index in [0.29, 0.717) is 0 Å². The Labute approximate surface area is 186 Å². The first-order chi connectivity index (χ1) is 15.9. The van der Waals surface area contributed by atoms with Gasteiger partial charge in [0.25, 0.3) is 0 Å². The molecule has 0 aliphatic heterocycles. The first-order valence-electron chi connectivity index (χ1n) is 11.4. The van der Waals surface area contributed by atoms with Crippen molar-refractivity contribution >= 4 is 59.9 Å². The third-order valence-corrected chi connectivity index (χ3v) is 7.07. The van der Waals surface area contributed by atoms with Gasteiger partial charge in [0.05, 0.1) is 0 Å². The second kappa shape index (κ2) is 6.80. The number of hydrogen-bond donors (Lipinski definition) is 0. The third-order valence-electron chi connectivity index (χ3n) is 7.07. The number of rotatable bonds is 0. The summed E-state index contributed by atoms with van der Waals surface area (Å²) in [5.41, 5.74) is 1.52. The molecule has 7 aromatic rings. The summed E-state index contributed by atoms with van der Waals surface area (Å²) in [5, 5.41) is 15.2. The molecule has 0 unspecified atom stereocenters. The molecule has 0 amide bonds. The lowest BCUT2D eigenvalue weighted by molar-refractivity contribution is 1.04. The number of benzene rings is 7. The lowest BCUT2D eigenvalue weighted by atomic mass is 9.90. The molecule has 0 saturated carbocycles. The summed E-state index contributed by atoms with van der Waals surface area (Å²) in [6.45, 7) is 0. The molecule has 0 saturated heterocycles. The minimum atomic E-state index is 1.18. The van der Waals surface area contributed by atoms with Crippen molar-refractivity contribution in [2.24, 2.45) is 0 Å². The van der Waals surface area contributed by atoms with E-state index in [4.69, 9.17) is 0 Å². The van der Waals surface area contributed by atoms with Gasteiger partial charge in [0.1, 0.15) is 0 Å². The topological polar surface area (TPSA) is 0 Å². The van der Waals surface area contributed by atoms with Crippen LogP contribution in [-0.2, 0) is 6.42 Å². The van der Waals surface area contributed by atoms with Gasteiger partial charge < -0.3 is 0 Å². The summed E-state index contributed by atoms with van der Waals surface area (Å²) >= 11 is 0. The smallest absolute Gasteiger partial charge is 0.00268 e. The van der Waals surface area contributed by atoms with Crippen molar-refractivity contribution in [2.75, 3.05) is 0 Å².